The van der Waals surface area contributed by atoms with Crippen molar-refractivity contribution in [2.75, 3.05) is 7.11 Å². The Bertz CT molecular complexity index is 540. The van der Waals surface area contributed by atoms with Crippen LogP contribution < -0.4 is 4.74 Å². The number of benzene rings is 1. The maximum Gasteiger partial charge on any atom is 0.147 e. The lowest BCUT2D eigenvalue weighted by molar-refractivity contribution is 0.408. The van der Waals surface area contributed by atoms with Crippen LogP contribution in [0.1, 0.15) is 35.9 Å². The maximum atomic E-state index is 5.39. The van der Waals surface area contributed by atoms with Gasteiger partial charge in [0, 0.05) is 12.0 Å². The van der Waals surface area contributed by atoms with E-state index in [4.69, 9.17) is 4.74 Å². The van der Waals surface area contributed by atoms with Crippen molar-refractivity contribution in [3.8, 4) is 16.3 Å². The lowest BCUT2D eigenvalue weighted by atomic mass is 10.1. The summed E-state index contributed by atoms with van der Waals surface area (Å²) in [5.74, 6) is 0.958. The van der Waals surface area contributed by atoms with Crippen molar-refractivity contribution in [1.82, 2.24) is 10.2 Å². The summed E-state index contributed by atoms with van der Waals surface area (Å²) in [7, 11) is 1.71. The van der Waals surface area contributed by atoms with Crippen LogP contribution in [0.25, 0.3) is 10.6 Å². The molecule has 3 nitrogen and oxygen atoms in total. The van der Waals surface area contributed by atoms with Crippen LogP contribution in [0.4, 0.5) is 0 Å². The molecule has 1 aromatic carbocycles. The van der Waals surface area contributed by atoms with Gasteiger partial charge in [-0.1, -0.05) is 24.7 Å². The maximum absolute atomic E-state index is 5.39. The van der Waals surface area contributed by atoms with E-state index in [0.29, 0.717) is 0 Å². The molecule has 0 unspecified atom stereocenters. The van der Waals surface area contributed by atoms with Crippen LogP contribution in [0.2, 0.25) is 0 Å². The molecule has 0 radical (unpaired) electrons. The first-order valence-corrected chi connectivity index (χ1v) is 7.45. The van der Waals surface area contributed by atoms with Crippen LogP contribution in [0.15, 0.2) is 12.1 Å². The summed E-state index contributed by atoms with van der Waals surface area (Å²) in [6.07, 6.45) is 3.40. The van der Waals surface area contributed by atoms with E-state index in [1.54, 1.807) is 18.4 Å². The molecule has 0 fully saturated rings. The monoisotopic (exact) mass is 276 g/mol. The highest BCUT2D eigenvalue weighted by Crippen LogP contribution is 2.31. The van der Waals surface area contributed by atoms with Crippen molar-refractivity contribution in [2.45, 2.75) is 40.0 Å². The van der Waals surface area contributed by atoms with E-state index in [1.807, 2.05) is 0 Å². The lowest BCUT2D eigenvalue weighted by Crippen LogP contribution is -1.92. The van der Waals surface area contributed by atoms with Gasteiger partial charge in [-0.2, -0.15) is 0 Å². The van der Waals surface area contributed by atoms with Crippen molar-refractivity contribution >= 4 is 11.3 Å². The van der Waals surface area contributed by atoms with Crippen molar-refractivity contribution in [1.29, 1.82) is 0 Å². The third-order valence-electron chi connectivity index (χ3n) is 3.12. The Hall–Kier alpha value is -1.42. The number of hydrogen-bond donors (Lipinski definition) is 0. The van der Waals surface area contributed by atoms with Gasteiger partial charge in [0.25, 0.3) is 0 Å². The molecule has 2 aromatic rings. The van der Waals surface area contributed by atoms with Crippen LogP contribution in [-0.2, 0) is 6.42 Å². The normalized spacial score (nSPS) is 10.7. The number of hydrogen-bond acceptors (Lipinski definition) is 4. The SMILES string of the molecule is CCCCc1nnc(-c2cc(C)c(OC)c(C)c2)s1. The number of nitrogens with zero attached hydrogens (tertiary/aromatic N) is 2. The van der Waals surface area contributed by atoms with Gasteiger partial charge in [0.05, 0.1) is 7.11 Å². The molecule has 0 spiro atoms. The van der Waals surface area contributed by atoms with Gasteiger partial charge in [-0.15, -0.1) is 10.2 Å². The molecule has 0 saturated carbocycles. The number of rotatable bonds is 5. The van der Waals surface area contributed by atoms with Gasteiger partial charge in [-0.05, 0) is 43.5 Å². The third-order valence-corrected chi connectivity index (χ3v) is 4.15. The van der Waals surface area contributed by atoms with Crippen molar-refractivity contribution in [2.24, 2.45) is 0 Å². The summed E-state index contributed by atoms with van der Waals surface area (Å²) >= 11 is 1.69. The molecule has 0 aliphatic carbocycles. The van der Waals surface area contributed by atoms with Gasteiger partial charge >= 0.3 is 0 Å². The molecule has 1 heterocycles. The molecule has 0 aliphatic heterocycles. The Morgan fingerprint density at radius 2 is 1.84 bits per heavy atom. The van der Waals surface area contributed by atoms with E-state index in [0.717, 1.165) is 38.9 Å². The molecule has 1 aromatic heterocycles. The lowest BCUT2D eigenvalue weighted by Gasteiger charge is -2.09. The van der Waals surface area contributed by atoms with Crippen LogP contribution in [0.5, 0.6) is 5.75 Å². The first kappa shape index (κ1) is 14.0. The van der Waals surface area contributed by atoms with Crippen molar-refractivity contribution in [3.05, 3.63) is 28.3 Å². The fourth-order valence-electron chi connectivity index (χ4n) is 2.20. The molecule has 0 N–H and O–H groups in total. The highest BCUT2D eigenvalue weighted by molar-refractivity contribution is 7.14. The molecule has 2 rings (SSSR count). The van der Waals surface area contributed by atoms with Crippen molar-refractivity contribution < 1.29 is 4.74 Å². The summed E-state index contributed by atoms with van der Waals surface area (Å²) in [6.45, 7) is 6.32. The second kappa shape index (κ2) is 6.15. The second-order valence-corrected chi connectivity index (χ2v) is 5.81. The standard InChI is InChI=1S/C15H20N2OS/c1-5-6-7-13-16-17-15(19-13)12-8-10(2)14(18-4)11(3)9-12/h8-9H,5-7H2,1-4H3. The second-order valence-electron chi connectivity index (χ2n) is 4.75. The van der Waals surface area contributed by atoms with Gasteiger partial charge in [0.15, 0.2) is 0 Å². The summed E-state index contributed by atoms with van der Waals surface area (Å²) in [5.41, 5.74) is 3.42. The van der Waals surface area contributed by atoms with Gasteiger partial charge < -0.3 is 4.74 Å². The Balaban J connectivity index is 2.29. The molecule has 0 amide bonds. The Morgan fingerprint density at radius 3 is 2.42 bits per heavy atom. The number of ether oxygens (including phenoxy) is 1. The average Bonchev–Trinajstić information content (AvgIpc) is 2.84. The minimum atomic E-state index is 0.958. The molecule has 0 bridgehead atoms. The highest BCUT2D eigenvalue weighted by atomic mass is 32.1. The van der Waals surface area contributed by atoms with Gasteiger partial charge in [-0.3, -0.25) is 0 Å². The van der Waals surface area contributed by atoms with E-state index in [9.17, 15) is 0 Å². The first-order valence-electron chi connectivity index (χ1n) is 6.63. The summed E-state index contributed by atoms with van der Waals surface area (Å²) < 4.78 is 5.39. The largest absolute Gasteiger partial charge is 0.496 e. The van der Waals surface area contributed by atoms with Gasteiger partial charge in [-0.25, -0.2) is 0 Å². The minimum absolute atomic E-state index is 0.958. The predicted octanol–water partition coefficient (Wildman–Crippen LogP) is 4.17. The van der Waals surface area contributed by atoms with Crippen LogP contribution in [0.3, 0.4) is 0 Å². The van der Waals surface area contributed by atoms with Gasteiger partial charge in [0.2, 0.25) is 0 Å². The molecule has 4 heteroatoms. The average molecular weight is 276 g/mol. The van der Waals surface area contributed by atoms with E-state index in [2.05, 4.69) is 43.1 Å². The molecule has 0 aliphatic rings. The zero-order chi connectivity index (χ0) is 13.8. The zero-order valence-corrected chi connectivity index (χ0v) is 12.8. The van der Waals surface area contributed by atoms with Crippen molar-refractivity contribution in [3.63, 3.8) is 0 Å². The third kappa shape index (κ3) is 3.13. The minimum Gasteiger partial charge on any atom is -0.496 e. The predicted molar refractivity (Wildman–Crippen MR) is 80.0 cm³/mol. The molecular formula is C15H20N2OS. The molecule has 102 valence electrons. The van der Waals surface area contributed by atoms with E-state index >= 15 is 0 Å². The number of unbranched alkanes of at least 4 members (excludes halogenated alkanes) is 1. The van der Waals surface area contributed by atoms with Crippen LogP contribution >= 0.6 is 11.3 Å². The first-order chi connectivity index (χ1) is 9.15. The van der Waals surface area contributed by atoms with Crippen LogP contribution in [-0.4, -0.2) is 17.3 Å². The van der Waals surface area contributed by atoms with Gasteiger partial charge in [0.1, 0.15) is 15.8 Å². The molecular weight excluding hydrogens is 256 g/mol. The van der Waals surface area contributed by atoms with E-state index in [-0.39, 0.29) is 0 Å². The smallest absolute Gasteiger partial charge is 0.147 e. The Labute approximate surface area is 118 Å². The number of methoxy groups -OCH3 is 1. The number of aryl methyl sites for hydroxylation is 3. The summed E-state index contributed by atoms with van der Waals surface area (Å²) in [5, 5.41) is 10.7. The summed E-state index contributed by atoms with van der Waals surface area (Å²) in [6, 6.07) is 4.24. The summed E-state index contributed by atoms with van der Waals surface area (Å²) in [4.78, 5) is 0. The van der Waals surface area contributed by atoms with Crippen LogP contribution in [0, 0.1) is 13.8 Å². The zero-order valence-electron chi connectivity index (χ0n) is 12.0. The molecule has 0 atom stereocenters. The Kier molecular flexibility index (Phi) is 4.53. The quantitative estimate of drug-likeness (QED) is 0.822. The fourth-order valence-corrected chi connectivity index (χ4v) is 3.06. The highest BCUT2D eigenvalue weighted by Gasteiger charge is 2.10. The molecule has 19 heavy (non-hydrogen) atoms. The molecule has 0 saturated heterocycles. The Morgan fingerprint density at radius 1 is 1.16 bits per heavy atom. The fraction of sp³-hybridized carbons (Fsp3) is 0.467. The van der Waals surface area contributed by atoms with E-state index < -0.39 is 0 Å². The topological polar surface area (TPSA) is 35.0 Å². The van der Waals surface area contributed by atoms with E-state index in [1.165, 1.54) is 12.8 Å². The number of aromatic nitrogens is 2.